The predicted molar refractivity (Wildman–Crippen MR) is 111 cm³/mol. The molecule has 0 unspecified atom stereocenters. The van der Waals surface area contributed by atoms with Gasteiger partial charge >= 0.3 is 0 Å². The van der Waals surface area contributed by atoms with E-state index in [-0.39, 0.29) is 0 Å². The van der Waals surface area contributed by atoms with Crippen LogP contribution in [0.25, 0.3) is 0 Å². The molecule has 2 nitrogen and oxygen atoms in total. The Morgan fingerprint density at radius 2 is 1.48 bits per heavy atom. The van der Waals surface area contributed by atoms with Crippen molar-refractivity contribution in [2.75, 3.05) is 0 Å². The highest BCUT2D eigenvalue weighted by Crippen LogP contribution is 2.27. The van der Waals surface area contributed by atoms with E-state index in [0.29, 0.717) is 0 Å². The van der Waals surface area contributed by atoms with Crippen molar-refractivity contribution in [1.29, 1.82) is 0 Å². The fraction of sp³-hybridized carbons (Fsp3) is 0.632. The smallest absolute Gasteiger partial charge is 0.118 e. The van der Waals surface area contributed by atoms with E-state index in [9.17, 15) is 0 Å². The van der Waals surface area contributed by atoms with Gasteiger partial charge in [0.05, 0.1) is 5.69 Å². The molecule has 0 saturated carbocycles. The Morgan fingerprint density at radius 3 is 1.91 bits per heavy atom. The molecule has 1 aromatic rings. The number of nitrogens with one attached hydrogen (secondary N) is 1. The van der Waals surface area contributed by atoms with Crippen molar-refractivity contribution < 1.29 is 0 Å². The molecule has 1 aromatic carbocycles. The lowest BCUT2D eigenvalue weighted by atomic mass is 10.0. The minimum atomic E-state index is -1.40. The van der Waals surface area contributed by atoms with Crippen LogP contribution in [0.4, 0.5) is 5.69 Å². The quantitative estimate of drug-likeness (QED) is 0.434. The third-order valence-corrected chi connectivity index (χ3v) is 10.7. The summed E-state index contributed by atoms with van der Waals surface area (Å²) >= 11 is 0. The molecule has 0 fully saturated rings. The zero-order chi connectivity index (χ0) is 17.5. The van der Waals surface area contributed by atoms with Crippen molar-refractivity contribution >= 4 is 28.4 Å². The summed E-state index contributed by atoms with van der Waals surface area (Å²) in [7, 11) is -2.62. The fourth-order valence-electron chi connectivity index (χ4n) is 3.18. The first kappa shape index (κ1) is 20.3. The average Bonchev–Trinajstić information content (AvgIpc) is 2.39. The molecule has 0 atom stereocenters. The van der Waals surface area contributed by atoms with E-state index in [4.69, 9.17) is 4.99 Å². The second kappa shape index (κ2) is 8.95. The molecule has 4 heteroatoms. The molecular formula is C19H36N2Si2. The molecular weight excluding hydrogens is 312 g/mol. The van der Waals surface area contributed by atoms with Crippen LogP contribution in [-0.2, 0) is 12.8 Å². The Morgan fingerprint density at radius 1 is 0.957 bits per heavy atom. The number of hydrogen-bond acceptors (Lipinski definition) is 2. The summed E-state index contributed by atoms with van der Waals surface area (Å²) in [6.07, 6.45) is 6.79. The number of rotatable bonds is 9. The lowest BCUT2D eigenvalue weighted by molar-refractivity contribution is 0.895. The van der Waals surface area contributed by atoms with Gasteiger partial charge in [-0.1, -0.05) is 77.6 Å². The molecule has 1 rings (SSSR count). The van der Waals surface area contributed by atoms with Crippen LogP contribution in [0.15, 0.2) is 23.2 Å². The molecule has 0 spiro atoms. The molecule has 0 bridgehead atoms. The van der Waals surface area contributed by atoms with Gasteiger partial charge in [-0.05, 0) is 30.0 Å². The molecule has 0 aliphatic heterocycles. The number of para-hydroxylation sites is 1. The van der Waals surface area contributed by atoms with Crippen molar-refractivity contribution in [3.8, 4) is 0 Å². The SMILES string of the molecule is CCCc1cccc(CCC)c1N=CC[Si](C)(C)N[Si](C)(C)C. The molecule has 0 amide bonds. The highest BCUT2D eigenvalue weighted by molar-refractivity contribution is 6.91. The van der Waals surface area contributed by atoms with Gasteiger partial charge in [-0.15, -0.1) is 0 Å². The highest BCUT2D eigenvalue weighted by Gasteiger charge is 2.26. The fourth-order valence-corrected chi connectivity index (χ4v) is 12.3. The Labute approximate surface area is 146 Å². The van der Waals surface area contributed by atoms with Gasteiger partial charge in [-0.2, -0.15) is 0 Å². The maximum Gasteiger partial charge on any atom is 0.118 e. The predicted octanol–water partition coefficient (Wildman–Crippen LogP) is 5.92. The third kappa shape index (κ3) is 7.59. The summed E-state index contributed by atoms with van der Waals surface area (Å²) in [5.74, 6) is 0. The number of nitrogens with zero attached hydrogens (tertiary/aromatic N) is 1. The van der Waals surface area contributed by atoms with Crippen molar-refractivity contribution in [2.24, 2.45) is 4.99 Å². The van der Waals surface area contributed by atoms with E-state index in [2.05, 4.69) is 75.6 Å². The molecule has 0 aromatic heterocycles. The van der Waals surface area contributed by atoms with E-state index in [1.807, 2.05) is 0 Å². The van der Waals surface area contributed by atoms with Crippen LogP contribution in [0.1, 0.15) is 37.8 Å². The maximum atomic E-state index is 4.94. The number of aryl methyl sites for hydroxylation is 2. The van der Waals surface area contributed by atoms with Crippen LogP contribution in [0, 0.1) is 0 Å². The highest BCUT2D eigenvalue weighted by atomic mass is 28.4. The summed E-state index contributed by atoms with van der Waals surface area (Å²) < 4.78 is 3.95. The molecule has 1 N–H and O–H groups in total. The zero-order valence-corrected chi connectivity index (χ0v) is 18.3. The van der Waals surface area contributed by atoms with Gasteiger partial charge in [0, 0.05) is 6.21 Å². The standard InChI is InChI=1S/C19H36N2Si2/c1-8-11-17-13-10-14-18(12-9-2)19(17)20-15-16-23(6,7)21-22(3,4)5/h10,13-15,21H,8-9,11-12,16H2,1-7H3. The second-order valence-electron chi connectivity index (χ2n) is 8.20. The van der Waals surface area contributed by atoms with Crippen LogP contribution in [-0.4, -0.2) is 22.7 Å². The monoisotopic (exact) mass is 348 g/mol. The Hall–Kier alpha value is -0.716. The van der Waals surface area contributed by atoms with Crippen molar-refractivity contribution in [3.63, 3.8) is 0 Å². The average molecular weight is 349 g/mol. The summed E-state index contributed by atoms with van der Waals surface area (Å²) in [5, 5.41) is 0. The van der Waals surface area contributed by atoms with Crippen LogP contribution in [0.3, 0.4) is 0 Å². The normalized spacial score (nSPS) is 13.0. The summed E-state index contributed by atoms with van der Waals surface area (Å²) in [5.41, 5.74) is 4.06. The van der Waals surface area contributed by atoms with E-state index >= 15 is 0 Å². The lowest BCUT2D eigenvalue weighted by Gasteiger charge is -2.31. The van der Waals surface area contributed by atoms with E-state index < -0.39 is 16.5 Å². The molecule has 0 aliphatic rings. The molecule has 0 saturated heterocycles. The number of hydrogen-bond donors (Lipinski definition) is 1. The summed E-state index contributed by atoms with van der Waals surface area (Å²) in [4.78, 5) is 4.94. The number of aliphatic imine (C=N–C) groups is 1. The second-order valence-corrected chi connectivity index (χ2v) is 17.9. The van der Waals surface area contributed by atoms with Gasteiger partial charge in [-0.25, -0.2) is 0 Å². The van der Waals surface area contributed by atoms with Gasteiger partial charge in [0.25, 0.3) is 0 Å². The maximum absolute atomic E-state index is 4.94. The number of benzene rings is 1. The first-order valence-corrected chi connectivity index (χ1v) is 15.8. The van der Waals surface area contributed by atoms with E-state index in [0.717, 1.165) is 18.9 Å². The molecule has 0 radical (unpaired) electrons. The van der Waals surface area contributed by atoms with Gasteiger partial charge < -0.3 is 4.65 Å². The first-order chi connectivity index (χ1) is 10.7. The largest absolute Gasteiger partial charge is 0.359 e. The van der Waals surface area contributed by atoms with E-state index in [1.165, 1.54) is 29.7 Å². The summed E-state index contributed by atoms with van der Waals surface area (Å²) in [6, 6.07) is 7.79. The Kier molecular flexibility index (Phi) is 7.91. The molecule has 0 heterocycles. The van der Waals surface area contributed by atoms with Gasteiger partial charge in [0.1, 0.15) is 16.5 Å². The van der Waals surface area contributed by atoms with E-state index in [1.54, 1.807) is 0 Å². The topological polar surface area (TPSA) is 24.4 Å². The minimum absolute atomic E-state index is 1.10. The van der Waals surface area contributed by atoms with Crippen LogP contribution >= 0.6 is 0 Å². The van der Waals surface area contributed by atoms with Gasteiger partial charge in [-0.3, -0.25) is 4.99 Å². The van der Waals surface area contributed by atoms with Crippen LogP contribution in [0.2, 0.25) is 38.8 Å². The van der Waals surface area contributed by atoms with Crippen molar-refractivity contribution in [2.45, 2.75) is 78.3 Å². The Balaban J connectivity index is 2.93. The third-order valence-electron chi connectivity index (χ3n) is 3.78. The van der Waals surface area contributed by atoms with Crippen LogP contribution in [0.5, 0.6) is 0 Å². The Bertz CT molecular complexity index is 492. The molecule has 130 valence electrons. The van der Waals surface area contributed by atoms with Crippen LogP contribution < -0.4 is 4.65 Å². The molecule has 0 aliphatic carbocycles. The van der Waals surface area contributed by atoms with Gasteiger partial charge in [0.2, 0.25) is 0 Å². The minimum Gasteiger partial charge on any atom is -0.359 e. The zero-order valence-electron chi connectivity index (χ0n) is 16.3. The molecule has 23 heavy (non-hydrogen) atoms. The summed E-state index contributed by atoms with van der Waals surface area (Å²) in [6.45, 7) is 16.5. The first-order valence-electron chi connectivity index (χ1n) is 9.11. The van der Waals surface area contributed by atoms with Crippen molar-refractivity contribution in [1.82, 2.24) is 4.65 Å². The van der Waals surface area contributed by atoms with Gasteiger partial charge in [0.15, 0.2) is 0 Å². The van der Waals surface area contributed by atoms with Crippen molar-refractivity contribution in [3.05, 3.63) is 29.3 Å². The lowest BCUT2D eigenvalue weighted by Crippen LogP contribution is -2.57.